The van der Waals surface area contributed by atoms with Crippen molar-refractivity contribution in [1.29, 1.82) is 5.41 Å². The highest BCUT2D eigenvalue weighted by Crippen LogP contribution is 1.95. The molecule has 4 nitrogen and oxygen atoms in total. The van der Waals surface area contributed by atoms with Gasteiger partial charge < -0.3 is 15.6 Å². The Kier molecular flexibility index (Phi) is 2.44. The molecule has 0 amide bonds. The highest BCUT2D eigenvalue weighted by atomic mass is 16.4. The number of carboxylic acid groups (broad SMARTS) is 1. The predicted molar refractivity (Wildman–Crippen MR) is 31.7 cm³/mol. The lowest BCUT2D eigenvalue weighted by Gasteiger charge is -1.92. The topological polar surface area (TPSA) is 81.4 Å². The fourth-order valence-electron chi connectivity index (χ4n) is 0.321. The lowest BCUT2D eigenvalue weighted by Crippen LogP contribution is -2.03. The van der Waals surface area contributed by atoms with Crippen LogP contribution in [0.4, 0.5) is 0 Å². The van der Waals surface area contributed by atoms with Crippen LogP contribution < -0.4 is 0 Å². The van der Waals surface area contributed by atoms with Gasteiger partial charge in [0.25, 0.3) is 0 Å². The van der Waals surface area contributed by atoms with Gasteiger partial charge in [-0.1, -0.05) is 0 Å². The summed E-state index contributed by atoms with van der Waals surface area (Å²) >= 11 is 0. The molecule has 0 radical (unpaired) electrons. The number of rotatable bonds is 2. The second-order valence-electron chi connectivity index (χ2n) is 1.45. The SMILES string of the molecule is C/C(O)=C(/C=N)C(=O)O. The zero-order valence-corrected chi connectivity index (χ0v) is 4.88. The van der Waals surface area contributed by atoms with Crippen LogP contribution in [0.5, 0.6) is 0 Å². The number of aliphatic carboxylic acids is 1. The Labute approximate surface area is 51.9 Å². The van der Waals surface area contributed by atoms with Gasteiger partial charge in [0.2, 0.25) is 0 Å². The molecule has 0 saturated heterocycles. The number of aliphatic hydroxyl groups excluding tert-OH is 1. The van der Waals surface area contributed by atoms with Gasteiger partial charge in [-0.05, 0) is 6.92 Å². The minimum atomic E-state index is -1.29. The van der Waals surface area contributed by atoms with E-state index in [1.807, 2.05) is 0 Å². The number of aliphatic hydroxyl groups is 1. The van der Waals surface area contributed by atoms with Gasteiger partial charge in [0.15, 0.2) is 0 Å². The molecule has 0 heterocycles. The van der Waals surface area contributed by atoms with Crippen LogP contribution >= 0.6 is 0 Å². The molecule has 0 aromatic rings. The zero-order chi connectivity index (χ0) is 7.44. The van der Waals surface area contributed by atoms with Gasteiger partial charge in [-0.2, -0.15) is 0 Å². The van der Waals surface area contributed by atoms with Crippen molar-refractivity contribution < 1.29 is 15.0 Å². The largest absolute Gasteiger partial charge is 0.512 e. The Morgan fingerprint density at radius 1 is 1.56 bits per heavy atom. The lowest BCUT2D eigenvalue weighted by atomic mass is 10.2. The van der Waals surface area contributed by atoms with E-state index in [4.69, 9.17) is 15.6 Å². The van der Waals surface area contributed by atoms with Gasteiger partial charge in [-0.25, -0.2) is 4.79 Å². The maximum absolute atomic E-state index is 10.0. The van der Waals surface area contributed by atoms with Crippen molar-refractivity contribution in [3.8, 4) is 0 Å². The third-order valence-corrected chi connectivity index (χ3v) is 0.765. The third-order valence-electron chi connectivity index (χ3n) is 0.765. The minimum absolute atomic E-state index is 0.350. The van der Waals surface area contributed by atoms with E-state index >= 15 is 0 Å². The second kappa shape index (κ2) is 2.86. The first kappa shape index (κ1) is 7.68. The summed E-state index contributed by atoms with van der Waals surface area (Å²) in [7, 11) is 0. The van der Waals surface area contributed by atoms with E-state index in [-0.39, 0.29) is 11.3 Å². The van der Waals surface area contributed by atoms with Crippen molar-refractivity contribution in [1.82, 2.24) is 0 Å². The van der Waals surface area contributed by atoms with Crippen LogP contribution in [-0.2, 0) is 4.79 Å². The zero-order valence-electron chi connectivity index (χ0n) is 4.88. The second-order valence-corrected chi connectivity index (χ2v) is 1.45. The summed E-state index contributed by atoms with van der Waals surface area (Å²) in [5, 5.41) is 23.2. The summed E-state index contributed by atoms with van der Waals surface area (Å²) in [4.78, 5) is 10.0. The molecule has 0 bridgehead atoms. The quantitative estimate of drug-likeness (QED) is 0.289. The normalized spacial score (nSPS) is 12.1. The smallest absolute Gasteiger partial charge is 0.340 e. The molecule has 0 spiro atoms. The molecule has 0 aromatic heterocycles. The molecule has 0 atom stereocenters. The first-order valence-electron chi connectivity index (χ1n) is 2.23. The fraction of sp³-hybridized carbons (Fsp3) is 0.200. The molecule has 0 aliphatic heterocycles. The van der Waals surface area contributed by atoms with Crippen LogP contribution in [0.15, 0.2) is 11.3 Å². The molecule has 9 heavy (non-hydrogen) atoms. The molecule has 0 aliphatic carbocycles. The fourth-order valence-corrected chi connectivity index (χ4v) is 0.321. The van der Waals surface area contributed by atoms with Crippen LogP contribution in [0.25, 0.3) is 0 Å². The molecule has 0 unspecified atom stereocenters. The van der Waals surface area contributed by atoms with E-state index in [0.29, 0.717) is 6.21 Å². The van der Waals surface area contributed by atoms with E-state index in [1.54, 1.807) is 0 Å². The Morgan fingerprint density at radius 3 is 2.00 bits per heavy atom. The molecule has 4 heteroatoms. The Hall–Kier alpha value is -1.32. The van der Waals surface area contributed by atoms with Crippen molar-refractivity contribution in [3.05, 3.63) is 11.3 Å². The molecular formula is C5H7NO3. The maximum atomic E-state index is 10.0. The third kappa shape index (κ3) is 1.94. The van der Waals surface area contributed by atoms with E-state index in [1.165, 1.54) is 6.92 Å². The van der Waals surface area contributed by atoms with Gasteiger partial charge in [0, 0.05) is 6.21 Å². The number of carbonyl (C=O) groups is 1. The molecule has 0 aliphatic rings. The van der Waals surface area contributed by atoms with Gasteiger partial charge in [0.1, 0.15) is 11.3 Å². The first-order valence-corrected chi connectivity index (χ1v) is 2.23. The molecule has 0 aromatic carbocycles. The molecule has 0 rings (SSSR count). The first-order chi connectivity index (χ1) is 4.09. The Bertz CT molecular complexity index is 167. The van der Waals surface area contributed by atoms with Crippen LogP contribution in [-0.4, -0.2) is 22.4 Å². The molecule has 50 valence electrons. The summed E-state index contributed by atoms with van der Waals surface area (Å²) in [6.07, 6.45) is 0.595. The number of hydrogen-bond donors (Lipinski definition) is 3. The van der Waals surface area contributed by atoms with Crippen molar-refractivity contribution in [2.75, 3.05) is 0 Å². The van der Waals surface area contributed by atoms with E-state index in [2.05, 4.69) is 0 Å². The van der Waals surface area contributed by atoms with E-state index in [0.717, 1.165) is 0 Å². The monoisotopic (exact) mass is 129 g/mol. The number of hydrogen-bond acceptors (Lipinski definition) is 3. The van der Waals surface area contributed by atoms with Crippen molar-refractivity contribution in [2.45, 2.75) is 6.92 Å². The summed E-state index contributed by atoms with van der Waals surface area (Å²) in [6.45, 7) is 1.22. The average Bonchev–Trinajstić information content (AvgIpc) is 1.64. The molecule has 3 N–H and O–H groups in total. The van der Waals surface area contributed by atoms with Crippen LogP contribution in [0, 0.1) is 5.41 Å². The van der Waals surface area contributed by atoms with Crippen LogP contribution in [0.2, 0.25) is 0 Å². The van der Waals surface area contributed by atoms with Gasteiger partial charge in [-0.15, -0.1) is 0 Å². The summed E-state index contributed by atoms with van der Waals surface area (Å²) in [6, 6.07) is 0. The summed E-state index contributed by atoms with van der Waals surface area (Å²) in [5.41, 5.74) is -0.380. The summed E-state index contributed by atoms with van der Waals surface area (Å²) < 4.78 is 0. The van der Waals surface area contributed by atoms with Gasteiger partial charge in [-0.3, -0.25) is 0 Å². The number of carboxylic acids is 1. The minimum Gasteiger partial charge on any atom is -0.512 e. The van der Waals surface area contributed by atoms with Crippen LogP contribution in [0.1, 0.15) is 6.92 Å². The maximum Gasteiger partial charge on any atom is 0.340 e. The Morgan fingerprint density at radius 2 is 2.00 bits per heavy atom. The van der Waals surface area contributed by atoms with Gasteiger partial charge >= 0.3 is 5.97 Å². The number of allylic oxidation sites excluding steroid dienone is 1. The molecule has 0 saturated carbocycles. The van der Waals surface area contributed by atoms with Crippen LogP contribution in [0.3, 0.4) is 0 Å². The van der Waals surface area contributed by atoms with Crippen molar-refractivity contribution in [3.63, 3.8) is 0 Å². The van der Waals surface area contributed by atoms with E-state index in [9.17, 15) is 4.79 Å². The highest BCUT2D eigenvalue weighted by molar-refractivity contribution is 6.07. The summed E-state index contributed by atoms with van der Waals surface area (Å²) in [5.74, 6) is -1.64. The van der Waals surface area contributed by atoms with E-state index < -0.39 is 5.97 Å². The highest BCUT2D eigenvalue weighted by Gasteiger charge is 2.05. The standard InChI is InChI=1S/C5H7NO3/c1-3(7)4(2-6)5(8)9/h2,6-7H,1H3,(H,8,9)/b4-3+,6-2?. The van der Waals surface area contributed by atoms with Crippen molar-refractivity contribution >= 4 is 12.2 Å². The van der Waals surface area contributed by atoms with Crippen molar-refractivity contribution in [2.24, 2.45) is 0 Å². The Balaban J connectivity index is 4.55. The molecular weight excluding hydrogens is 122 g/mol. The average molecular weight is 129 g/mol. The number of nitrogens with one attached hydrogen (secondary N) is 1. The van der Waals surface area contributed by atoms with Gasteiger partial charge in [0.05, 0.1) is 0 Å². The predicted octanol–water partition coefficient (Wildman–Crippen LogP) is 0.553. The molecule has 0 fully saturated rings. The lowest BCUT2D eigenvalue weighted by molar-refractivity contribution is -0.132.